The fourth-order valence-corrected chi connectivity index (χ4v) is 2.74. The largest absolute Gasteiger partial charge is 0.351 e. The first kappa shape index (κ1) is 15.6. The monoisotopic (exact) mass is 314 g/mol. The van der Waals surface area contributed by atoms with Crippen molar-refractivity contribution in [1.82, 2.24) is 30.3 Å². The topological polar surface area (TPSA) is 75.1 Å². The molecule has 1 amide bonds. The highest BCUT2D eigenvalue weighted by molar-refractivity contribution is 5.95. The summed E-state index contributed by atoms with van der Waals surface area (Å²) in [5.74, 6) is -0.0252. The van der Waals surface area contributed by atoms with E-state index < -0.39 is 0 Å². The van der Waals surface area contributed by atoms with Crippen LogP contribution in [-0.4, -0.2) is 64.8 Å². The first-order chi connectivity index (χ1) is 11.2. The van der Waals surface area contributed by atoms with Gasteiger partial charge in [-0.2, -0.15) is 5.10 Å². The van der Waals surface area contributed by atoms with Crippen LogP contribution in [0.5, 0.6) is 0 Å². The van der Waals surface area contributed by atoms with Crippen molar-refractivity contribution in [2.45, 2.75) is 6.92 Å². The number of amides is 1. The third-order valence-corrected chi connectivity index (χ3v) is 4.06. The average Bonchev–Trinajstić information content (AvgIpc) is 3.10. The lowest BCUT2D eigenvalue weighted by molar-refractivity contribution is 0.0946. The van der Waals surface area contributed by atoms with Crippen molar-refractivity contribution < 1.29 is 4.79 Å². The summed E-state index contributed by atoms with van der Waals surface area (Å²) in [4.78, 5) is 18.6. The molecule has 1 fully saturated rings. The molecule has 0 aliphatic carbocycles. The van der Waals surface area contributed by atoms with Crippen LogP contribution in [0.4, 0.5) is 0 Å². The predicted molar refractivity (Wildman–Crippen MR) is 87.7 cm³/mol. The fourth-order valence-electron chi connectivity index (χ4n) is 2.74. The molecule has 2 heterocycles. The zero-order chi connectivity index (χ0) is 16.1. The van der Waals surface area contributed by atoms with E-state index in [1.54, 1.807) is 11.0 Å². The molecule has 1 saturated heterocycles. The minimum atomic E-state index is -0.0252. The molecule has 1 aliphatic heterocycles. The van der Waals surface area contributed by atoms with Crippen LogP contribution in [0.25, 0.3) is 5.69 Å². The molecule has 0 bridgehead atoms. The molecule has 2 N–H and O–H groups in total. The van der Waals surface area contributed by atoms with E-state index >= 15 is 0 Å². The molecule has 7 nitrogen and oxygen atoms in total. The highest BCUT2D eigenvalue weighted by Gasteiger charge is 2.12. The average molecular weight is 314 g/mol. The summed E-state index contributed by atoms with van der Waals surface area (Å²) in [6, 6.07) is 5.67. The Morgan fingerprint density at radius 3 is 2.87 bits per heavy atom. The molecule has 122 valence electrons. The molecule has 0 unspecified atom stereocenters. The second-order valence-electron chi connectivity index (χ2n) is 5.69. The fraction of sp³-hybridized carbons (Fsp3) is 0.438. The van der Waals surface area contributed by atoms with E-state index in [-0.39, 0.29) is 5.91 Å². The molecule has 1 aromatic carbocycles. The molecule has 1 aromatic heterocycles. The van der Waals surface area contributed by atoms with Crippen LogP contribution in [0.2, 0.25) is 0 Å². The van der Waals surface area contributed by atoms with Gasteiger partial charge in [-0.3, -0.25) is 9.69 Å². The van der Waals surface area contributed by atoms with Crippen LogP contribution in [0.15, 0.2) is 30.9 Å². The molecular formula is C16H22N6O. The number of carbonyl (C=O) groups is 1. The first-order valence-electron chi connectivity index (χ1n) is 7.91. The summed E-state index contributed by atoms with van der Waals surface area (Å²) in [5.41, 5.74) is 2.53. The molecule has 0 atom stereocenters. The van der Waals surface area contributed by atoms with Gasteiger partial charge < -0.3 is 10.6 Å². The number of benzene rings is 1. The van der Waals surface area contributed by atoms with E-state index in [0.29, 0.717) is 12.1 Å². The second-order valence-corrected chi connectivity index (χ2v) is 5.69. The lowest BCUT2D eigenvalue weighted by Crippen LogP contribution is -2.46. The second kappa shape index (κ2) is 7.34. The summed E-state index contributed by atoms with van der Waals surface area (Å²) >= 11 is 0. The van der Waals surface area contributed by atoms with Crippen molar-refractivity contribution in [3.8, 4) is 5.69 Å². The van der Waals surface area contributed by atoms with Crippen molar-refractivity contribution >= 4 is 5.91 Å². The highest BCUT2D eigenvalue weighted by atomic mass is 16.1. The van der Waals surface area contributed by atoms with Crippen molar-refractivity contribution in [2.75, 3.05) is 39.3 Å². The van der Waals surface area contributed by atoms with Crippen molar-refractivity contribution in [1.29, 1.82) is 0 Å². The number of aryl methyl sites for hydroxylation is 1. The molecule has 1 aliphatic rings. The van der Waals surface area contributed by atoms with Gasteiger partial charge in [-0.1, -0.05) is 0 Å². The van der Waals surface area contributed by atoms with Gasteiger partial charge in [0.25, 0.3) is 5.91 Å². The number of carbonyl (C=O) groups excluding carboxylic acids is 1. The van der Waals surface area contributed by atoms with Gasteiger partial charge in [0, 0.05) is 44.8 Å². The first-order valence-corrected chi connectivity index (χ1v) is 7.91. The van der Waals surface area contributed by atoms with Crippen LogP contribution in [-0.2, 0) is 0 Å². The Bertz CT molecular complexity index is 649. The van der Waals surface area contributed by atoms with Gasteiger partial charge in [0.1, 0.15) is 12.7 Å². The van der Waals surface area contributed by atoms with Crippen molar-refractivity contribution in [2.24, 2.45) is 0 Å². The van der Waals surface area contributed by atoms with Crippen LogP contribution in [0, 0.1) is 6.92 Å². The number of nitrogens with one attached hydrogen (secondary N) is 2. The molecule has 2 aromatic rings. The molecule has 0 radical (unpaired) electrons. The van der Waals surface area contributed by atoms with E-state index in [4.69, 9.17) is 0 Å². The van der Waals surface area contributed by atoms with Gasteiger partial charge in [0.15, 0.2) is 0 Å². The highest BCUT2D eigenvalue weighted by Crippen LogP contribution is 2.13. The van der Waals surface area contributed by atoms with Crippen LogP contribution in [0.3, 0.4) is 0 Å². The number of nitrogens with zero attached hydrogens (tertiary/aromatic N) is 4. The van der Waals surface area contributed by atoms with Gasteiger partial charge in [-0.15, -0.1) is 0 Å². The molecule has 23 heavy (non-hydrogen) atoms. The summed E-state index contributed by atoms with van der Waals surface area (Å²) < 4.78 is 1.68. The van der Waals surface area contributed by atoms with Crippen LogP contribution < -0.4 is 10.6 Å². The normalized spacial score (nSPS) is 15.5. The molecule has 0 saturated carbocycles. The maximum Gasteiger partial charge on any atom is 0.251 e. The third-order valence-electron chi connectivity index (χ3n) is 4.06. The van der Waals surface area contributed by atoms with Gasteiger partial charge in [0.2, 0.25) is 0 Å². The summed E-state index contributed by atoms with van der Waals surface area (Å²) in [6.07, 6.45) is 3.13. The summed E-state index contributed by atoms with van der Waals surface area (Å²) in [7, 11) is 0. The van der Waals surface area contributed by atoms with E-state index in [0.717, 1.165) is 44.0 Å². The van der Waals surface area contributed by atoms with Gasteiger partial charge in [-0.25, -0.2) is 9.67 Å². The lowest BCUT2D eigenvalue weighted by Gasteiger charge is -2.27. The molecule has 0 spiro atoms. The number of piperazine rings is 1. The van der Waals surface area contributed by atoms with Crippen LogP contribution in [0.1, 0.15) is 15.9 Å². The van der Waals surface area contributed by atoms with Gasteiger partial charge in [-0.05, 0) is 30.7 Å². The summed E-state index contributed by atoms with van der Waals surface area (Å²) in [6.45, 7) is 7.63. The quantitative estimate of drug-likeness (QED) is 0.825. The Hall–Kier alpha value is -2.25. The van der Waals surface area contributed by atoms with Crippen molar-refractivity contribution in [3.05, 3.63) is 42.0 Å². The minimum Gasteiger partial charge on any atom is -0.351 e. The Morgan fingerprint density at radius 2 is 2.17 bits per heavy atom. The number of aromatic nitrogens is 3. The Kier molecular flexibility index (Phi) is 4.99. The predicted octanol–water partition coefficient (Wildman–Crippen LogP) is 0.211. The van der Waals surface area contributed by atoms with E-state index in [2.05, 4.69) is 25.6 Å². The maximum atomic E-state index is 12.3. The minimum absolute atomic E-state index is 0.0252. The Labute approximate surface area is 135 Å². The molecule has 7 heteroatoms. The zero-order valence-corrected chi connectivity index (χ0v) is 13.3. The Morgan fingerprint density at radius 1 is 1.35 bits per heavy atom. The smallest absolute Gasteiger partial charge is 0.251 e. The SMILES string of the molecule is Cc1cc(-n2cncn2)ccc1C(=O)NCCN1CCNCC1. The summed E-state index contributed by atoms with van der Waals surface area (Å²) in [5, 5.41) is 10.4. The van der Waals surface area contributed by atoms with E-state index in [1.807, 2.05) is 25.1 Å². The Balaban J connectivity index is 1.56. The molecule has 3 rings (SSSR count). The number of rotatable bonds is 5. The van der Waals surface area contributed by atoms with Gasteiger partial charge in [0.05, 0.1) is 5.69 Å². The number of hydrogen-bond acceptors (Lipinski definition) is 5. The third kappa shape index (κ3) is 3.94. The number of hydrogen-bond donors (Lipinski definition) is 2. The standard InChI is InChI=1S/C16H22N6O/c1-13-10-14(22-12-18-11-20-22)2-3-15(13)16(23)19-6-9-21-7-4-17-5-8-21/h2-3,10-12,17H,4-9H2,1H3,(H,19,23). The van der Waals surface area contributed by atoms with Crippen LogP contribution >= 0.6 is 0 Å². The van der Waals surface area contributed by atoms with E-state index in [9.17, 15) is 4.79 Å². The van der Waals surface area contributed by atoms with Gasteiger partial charge >= 0.3 is 0 Å². The zero-order valence-electron chi connectivity index (χ0n) is 13.3. The van der Waals surface area contributed by atoms with Crippen molar-refractivity contribution in [3.63, 3.8) is 0 Å². The van der Waals surface area contributed by atoms with E-state index in [1.165, 1.54) is 6.33 Å². The lowest BCUT2D eigenvalue weighted by atomic mass is 10.1. The maximum absolute atomic E-state index is 12.3. The molecular weight excluding hydrogens is 292 g/mol.